The van der Waals surface area contributed by atoms with Crippen molar-refractivity contribution in [2.24, 2.45) is 0 Å². The van der Waals surface area contributed by atoms with Gasteiger partial charge in [0.05, 0.1) is 11.0 Å². The van der Waals surface area contributed by atoms with Gasteiger partial charge in [-0.05, 0) is 74.8 Å². The first kappa shape index (κ1) is 33.6. The fourth-order valence-corrected chi connectivity index (χ4v) is 8.74. The Morgan fingerprint density at radius 2 is 0.931 bits per heavy atom. The molecule has 0 unspecified atom stereocenters. The van der Waals surface area contributed by atoms with Crippen molar-refractivity contribution in [1.82, 2.24) is 19.5 Å². The molecule has 0 saturated carbocycles. The lowest BCUT2D eigenvalue weighted by molar-refractivity contribution is 1.07. The first-order valence-corrected chi connectivity index (χ1v) is 19.8. The average molecular weight is 741 g/mol. The van der Waals surface area contributed by atoms with Crippen LogP contribution in [0, 0.1) is 0 Å². The quantitative estimate of drug-likeness (QED) is 0.170. The first-order valence-electron chi connectivity index (χ1n) is 19.8. The number of allylic oxidation sites excluding steroid dienone is 3. The second-order valence-corrected chi connectivity index (χ2v) is 14.7. The van der Waals surface area contributed by atoms with Gasteiger partial charge < -0.3 is 4.57 Å². The Balaban J connectivity index is 1.16. The van der Waals surface area contributed by atoms with Gasteiger partial charge in [0.1, 0.15) is 0 Å². The molecule has 2 heterocycles. The van der Waals surface area contributed by atoms with Crippen LogP contribution in [0.25, 0.3) is 101 Å². The topological polar surface area (TPSA) is 43.6 Å². The second kappa shape index (κ2) is 14.1. The van der Waals surface area contributed by atoms with Gasteiger partial charge in [0, 0.05) is 33.2 Å². The summed E-state index contributed by atoms with van der Waals surface area (Å²) in [7, 11) is 0. The van der Waals surface area contributed by atoms with Gasteiger partial charge in [-0.3, -0.25) is 0 Å². The summed E-state index contributed by atoms with van der Waals surface area (Å²) in [6, 6.07) is 64.4. The van der Waals surface area contributed by atoms with E-state index in [1.807, 2.05) is 60.7 Å². The lowest BCUT2D eigenvalue weighted by Crippen LogP contribution is -2.01. The normalized spacial score (nSPS) is 12.3. The molecular formula is C54H36N4. The van der Waals surface area contributed by atoms with Gasteiger partial charge in [0.25, 0.3) is 0 Å². The third kappa shape index (κ3) is 5.65. The number of benzene rings is 8. The van der Waals surface area contributed by atoms with Crippen LogP contribution in [-0.2, 0) is 6.42 Å². The maximum absolute atomic E-state index is 5.04. The zero-order chi connectivity index (χ0) is 38.4. The lowest BCUT2D eigenvalue weighted by atomic mass is 9.81. The number of rotatable bonds is 6. The zero-order valence-corrected chi connectivity index (χ0v) is 31.6. The minimum Gasteiger partial charge on any atom is -0.309 e. The van der Waals surface area contributed by atoms with E-state index in [1.54, 1.807) is 0 Å². The van der Waals surface area contributed by atoms with Gasteiger partial charge in [-0.1, -0.05) is 182 Å². The minimum atomic E-state index is 0.640. The van der Waals surface area contributed by atoms with Crippen molar-refractivity contribution in [2.45, 2.75) is 6.42 Å². The Morgan fingerprint density at radius 1 is 0.397 bits per heavy atom. The van der Waals surface area contributed by atoms with E-state index in [-0.39, 0.29) is 0 Å². The summed E-state index contributed by atoms with van der Waals surface area (Å²) in [5.74, 6) is 1.94. The van der Waals surface area contributed by atoms with Crippen molar-refractivity contribution in [1.29, 1.82) is 0 Å². The summed E-state index contributed by atoms with van der Waals surface area (Å²) in [4.78, 5) is 15.0. The fraction of sp³-hybridized carbons (Fsp3) is 0.0185. The van der Waals surface area contributed by atoms with E-state index < -0.39 is 0 Å². The summed E-state index contributed by atoms with van der Waals surface area (Å²) in [6.07, 6.45) is 9.72. The molecule has 0 bridgehead atoms. The summed E-state index contributed by atoms with van der Waals surface area (Å²) >= 11 is 0. The van der Waals surface area contributed by atoms with Crippen molar-refractivity contribution in [3.8, 4) is 62.1 Å². The lowest BCUT2D eigenvalue weighted by Gasteiger charge is -2.22. The molecule has 4 heteroatoms. The predicted molar refractivity (Wildman–Crippen MR) is 241 cm³/mol. The molecule has 0 fully saturated rings. The molecule has 0 saturated heterocycles. The molecule has 0 N–H and O–H groups in total. The van der Waals surface area contributed by atoms with Crippen LogP contribution in [0.5, 0.6) is 0 Å². The molecular weight excluding hydrogens is 705 g/mol. The predicted octanol–water partition coefficient (Wildman–Crippen LogP) is 13.6. The summed E-state index contributed by atoms with van der Waals surface area (Å²) in [5, 5.41) is 4.96. The average Bonchev–Trinajstić information content (AvgIpc) is 3.44. The van der Waals surface area contributed by atoms with Crippen LogP contribution in [0.2, 0.25) is 0 Å². The summed E-state index contributed by atoms with van der Waals surface area (Å²) in [5.41, 5.74) is 13.8. The van der Waals surface area contributed by atoms with Crippen molar-refractivity contribution in [3.05, 3.63) is 211 Å². The molecule has 1 aliphatic carbocycles. The van der Waals surface area contributed by atoms with Crippen LogP contribution >= 0.6 is 0 Å². The molecule has 11 rings (SSSR count). The molecule has 10 aromatic rings. The van der Waals surface area contributed by atoms with E-state index >= 15 is 0 Å². The van der Waals surface area contributed by atoms with Gasteiger partial charge in [-0.25, -0.2) is 15.0 Å². The van der Waals surface area contributed by atoms with Crippen LogP contribution in [-0.4, -0.2) is 19.5 Å². The molecule has 8 aromatic carbocycles. The van der Waals surface area contributed by atoms with Crippen molar-refractivity contribution in [3.63, 3.8) is 0 Å². The van der Waals surface area contributed by atoms with E-state index in [9.17, 15) is 0 Å². The number of para-hydroxylation sites is 2. The smallest absolute Gasteiger partial charge is 0.164 e. The molecule has 272 valence electrons. The molecule has 58 heavy (non-hydrogen) atoms. The van der Waals surface area contributed by atoms with Gasteiger partial charge in [-0.2, -0.15) is 0 Å². The van der Waals surface area contributed by atoms with Crippen LogP contribution in [0.1, 0.15) is 11.1 Å². The van der Waals surface area contributed by atoms with Crippen LogP contribution in [0.4, 0.5) is 0 Å². The van der Waals surface area contributed by atoms with Crippen LogP contribution in [0.15, 0.2) is 200 Å². The highest BCUT2D eigenvalue weighted by atomic mass is 15.0. The number of fused-ring (bicyclic) bond motifs is 6. The Kier molecular flexibility index (Phi) is 8.18. The third-order valence-corrected chi connectivity index (χ3v) is 11.3. The van der Waals surface area contributed by atoms with Gasteiger partial charge in [0.15, 0.2) is 17.5 Å². The highest BCUT2D eigenvalue weighted by Crippen LogP contribution is 2.48. The Morgan fingerprint density at radius 3 is 1.60 bits per heavy atom. The van der Waals surface area contributed by atoms with Gasteiger partial charge in [-0.15, -0.1) is 0 Å². The second-order valence-electron chi connectivity index (χ2n) is 14.7. The highest BCUT2D eigenvalue weighted by molar-refractivity contribution is 6.21. The molecule has 0 spiro atoms. The van der Waals surface area contributed by atoms with Gasteiger partial charge in [0.2, 0.25) is 0 Å². The zero-order valence-electron chi connectivity index (χ0n) is 31.6. The van der Waals surface area contributed by atoms with Crippen LogP contribution < -0.4 is 0 Å². The van der Waals surface area contributed by atoms with Crippen molar-refractivity contribution < 1.29 is 0 Å². The standard InChI is InChI=1S/C54H36N4/c1-5-18-37(19-6-1)52-55-53(38-20-7-2-8-21-38)57-54(56-52)39-34-32-36(33-35-39)49-43-26-12-4-11-24-41(43)42-25-13-14-27-44(42)51(49)46-29-17-31-48-50(46)45-28-15-16-30-47(45)58(48)40-22-9-3-10-23-40/h1-25,27-35H,26H2. The van der Waals surface area contributed by atoms with Crippen LogP contribution in [0.3, 0.4) is 0 Å². The van der Waals surface area contributed by atoms with E-state index in [4.69, 9.17) is 15.0 Å². The summed E-state index contributed by atoms with van der Waals surface area (Å²) in [6.45, 7) is 0. The SMILES string of the molecule is C1=CCc2c(-c3ccc(-c4nc(-c5ccccc5)nc(-c5ccccc5)n4)cc3)c(-c3cccc4c3c3ccccc3n4-c3ccccc3)c3ccccc3c2C=C1. The highest BCUT2D eigenvalue weighted by Gasteiger charge is 2.24. The number of aromatic nitrogens is 4. The molecule has 0 aliphatic heterocycles. The molecule has 0 atom stereocenters. The maximum atomic E-state index is 5.04. The molecule has 1 aliphatic rings. The number of hydrogen-bond acceptors (Lipinski definition) is 3. The Labute approximate surface area is 336 Å². The number of nitrogens with zero attached hydrogens (tertiary/aromatic N) is 4. The van der Waals surface area contributed by atoms with E-state index in [0.29, 0.717) is 17.5 Å². The van der Waals surface area contributed by atoms with E-state index in [0.717, 1.165) is 34.4 Å². The Hall–Kier alpha value is -7.69. The fourth-order valence-electron chi connectivity index (χ4n) is 8.74. The first-order chi connectivity index (χ1) is 28.8. The Bertz CT molecular complexity index is 3160. The van der Waals surface area contributed by atoms with Gasteiger partial charge >= 0.3 is 0 Å². The molecule has 2 aromatic heterocycles. The third-order valence-electron chi connectivity index (χ3n) is 11.3. The number of hydrogen-bond donors (Lipinski definition) is 0. The van der Waals surface area contributed by atoms with E-state index in [1.165, 1.54) is 60.4 Å². The monoisotopic (exact) mass is 740 g/mol. The molecule has 4 nitrogen and oxygen atoms in total. The van der Waals surface area contributed by atoms with Crippen molar-refractivity contribution in [2.75, 3.05) is 0 Å². The summed E-state index contributed by atoms with van der Waals surface area (Å²) < 4.78 is 2.40. The van der Waals surface area contributed by atoms with Crippen molar-refractivity contribution >= 4 is 38.7 Å². The maximum Gasteiger partial charge on any atom is 0.164 e. The largest absolute Gasteiger partial charge is 0.309 e. The minimum absolute atomic E-state index is 0.640. The van der Waals surface area contributed by atoms with E-state index in [2.05, 4.69) is 150 Å². The molecule has 0 amide bonds. The molecule has 0 radical (unpaired) electrons.